The minimum atomic E-state index is -0.670. The topological polar surface area (TPSA) is 58.2 Å². The van der Waals surface area contributed by atoms with Gasteiger partial charge in [-0.05, 0) is 12.8 Å². The molecule has 68 valence electrons. The van der Waals surface area contributed by atoms with Gasteiger partial charge in [0.15, 0.2) is 0 Å². The van der Waals surface area contributed by atoms with Crippen molar-refractivity contribution in [3.8, 4) is 24.7 Å². The molecule has 0 unspecified atom stereocenters. The maximum absolute atomic E-state index is 11.1. The van der Waals surface area contributed by atoms with Gasteiger partial charge in [0, 0.05) is 0 Å². The zero-order valence-electron chi connectivity index (χ0n) is 7.26. The highest BCUT2D eigenvalue weighted by atomic mass is 16.2. The smallest absolute Gasteiger partial charge is 0.296 e. The summed E-state index contributed by atoms with van der Waals surface area (Å²) >= 11 is 0. The van der Waals surface area contributed by atoms with Gasteiger partial charge in [-0.2, -0.15) is 0 Å². The van der Waals surface area contributed by atoms with Gasteiger partial charge in [0.1, 0.15) is 6.04 Å². The maximum Gasteiger partial charge on any atom is 0.296 e. The second-order valence-corrected chi connectivity index (χ2v) is 2.26. The van der Waals surface area contributed by atoms with E-state index in [2.05, 4.69) is 16.6 Å². The number of hydrogen-bond acceptors (Lipinski definition) is 2. The molecule has 1 atom stereocenters. The van der Waals surface area contributed by atoms with Crippen molar-refractivity contribution in [3.63, 3.8) is 0 Å². The Morgan fingerprint density at radius 3 is 2.54 bits per heavy atom. The van der Waals surface area contributed by atoms with E-state index in [1.807, 2.05) is 5.92 Å². The van der Waals surface area contributed by atoms with Gasteiger partial charge in [-0.1, -0.05) is 5.92 Å². The second kappa shape index (κ2) is 5.68. The first-order chi connectivity index (χ1) is 6.11. The molecule has 0 aliphatic carbocycles. The van der Waals surface area contributed by atoms with Crippen molar-refractivity contribution in [1.29, 1.82) is 0 Å². The first kappa shape index (κ1) is 11.1. The van der Waals surface area contributed by atoms with Crippen molar-refractivity contribution in [3.05, 3.63) is 0 Å². The van der Waals surface area contributed by atoms with Crippen molar-refractivity contribution in [1.82, 2.24) is 10.6 Å². The van der Waals surface area contributed by atoms with E-state index in [0.717, 1.165) is 0 Å². The molecule has 0 aromatic heterocycles. The monoisotopic (exact) mass is 178 g/mol. The molecule has 2 N–H and O–H groups in total. The molecule has 0 aliphatic rings. The van der Waals surface area contributed by atoms with Crippen LogP contribution in [0, 0.1) is 24.7 Å². The number of rotatable bonds is 3. The summed E-state index contributed by atoms with van der Waals surface area (Å²) in [4.78, 5) is 21.7. The lowest BCUT2D eigenvalue weighted by atomic mass is 10.3. The summed E-state index contributed by atoms with van der Waals surface area (Å²) in [6.45, 7) is 1.65. The quantitative estimate of drug-likeness (QED) is 0.537. The first-order valence-electron chi connectivity index (χ1n) is 3.60. The van der Waals surface area contributed by atoms with Gasteiger partial charge in [0.2, 0.25) is 5.91 Å². The minimum absolute atomic E-state index is 0.134. The number of amides is 2. The fourth-order valence-electron chi connectivity index (χ4n) is 0.595. The molecule has 0 fully saturated rings. The van der Waals surface area contributed by atoms with E-state index in [0.29, 0.717) is 0 Å². The van der Waals surface area contributed by atoms with Crippen molar-refractivity contribution < 1.29 is 9.59 Å². The number of terminal acetylenes is 2. The maximum atomic E-state index is 11.1. The zero-order chi connectivity index (χ0) is 10.3. The van der Waals surface area contributed by atoms with Crippen LogP contribution < -0.4 is 10.6 Å². The Kier molecular flexibility index (Phi) is 4.83. The summed E-state index contributed by atoms with van der Waals surface area (Å²) in [6.07, 6.45) is 9.71. The van der Waals surface area contributed by atoms with E-state index < -0.39 is 11.9 Å². The summed E-state index contributed by atoms with van der Waals surface area (Å²) in [5, 5.41) is 4.69. The third-order valence-electron chi connectivity index (χ3n) is 1.24. The molecular weight excluding hydrogens is 168 g/mol. The summed E-state index contributed by atoms with van der Waals surface area (Å²) in [6, 6.07) is -0.670. The second-order valence-electron chi connectivity index (χ2n) is 2.26. The average Bonchev–Trinajstić information content (AvgIpc) is 2.13. The SMILES string of the molecule is C#CCNC(=O)[C@H](C)NC(=O)C#C. The third kappa shape index (κ3) is 4.49. The lowest BCUT2D eigenvalue weighted by Crippen LogP contribution is -2.44. The van der Waals surface area contributed by atoms with Crippen LogP contribution in [0.1, 0.15) is 6.92 Å². The third-order valence-corrected chi connectivity index (χ3v) is 1.24. The highest BCUT2D eigenvalue weighted by Gasteiger charge is 2.12. The lowest BCUT2D eigenvalue weighted by molar-refractivity contribution is -0.126. The van der Waals surface area contributed by atoms with Gasteiger partial charge in [0.05, 0.1) is 6.54 Å². The minimum Gasteiger partial charge on any atom is -0.343 e. The fraction of sp³-hybridized carbons (Fsp3) is 0.333. The molecule has 0 heterocycles. The van der Waals surface area contributed by atoms with Gasteiger partial charge < -0.3 is 10.6 Å². The van der Waals surface area contributed by atoms with Crippen LogP contribution in [0.2, 0.25) is 0 Å². The van der Waals surface area contributed by atoms with Crippen LogP contribution in [0.25, 0.3) is 0 Å². The van der Waals surface area contributed by atoms with Crippen molar-refractivity contribution in [2.75, 3.05) is 6.54 Å². The summed E-state index contributed by atoms with van der Waals surface area (Å²) < 4.78 is 0. The molecule has 4 heteroatoms. The molecule has 0 saturated carbocycles. The predicted molar refractivity (Wildman–Crippen MR) is 48.3 cm³/mol. The number of carbonyl (C=O) groups excluding carboxylic acids is 2. The van der Waals surface area contributed by atoms with Crippen LogP contribution in [0.5, 0.6) is 0 Å². The Balaban J connectivity index is 3.92. The number of hydrogen-bond donors (Lipinski definition) is 2. The number of carbonyl (C=O) groups is 2. The van der Waals surface area contributed by atoms with Crippen molar-refractivity contribution >= 4 is 11.8 Å². The van der Waals surface area contributed by atoms with Crippen LogP contribution in [0.4, 0.5) is 0 Å². The van der Waals surface area contributed by atoms with Crippen molar-refractivity contribution in [2.24, 2.45) is 0 Å². The van der Waals surface area contributed by atoms with Gasteiger partial charge in [-0.3, -0.25) is 9.59 Å². The van der Waals surface area contributed by atoms with E-state index in [1.165, 1.54) is 6.92 Å². The molecule has 0 aromatic carbocycles. The standard InChI is InChI=1S/C9H10N2O2/c1-4-6-10-9(13)7(3)11-8(12)5-2/h1-2,7H,6H2,3H3,(H,10,13)(H,11,12)/t7-/m0/s1. The predicted octanol–water partition coefficient (Wildman–Crippen LogP) is -1.13. The van der Waals surface area contributed by atoms with Gasteiger partial charge in [-0.15, -0.1) is 12.8 Å². The molecule has 0 aromatic rings. The molecule has 0 rings (SSSR count). The van der Waals surface area contributed by atoms with E-state index in [9.17, 15) is 9.59 Å². The molecule has 13 heavy (non-hydrogen) atoms. The van der Waals surface area contributed by atoms with Crippen LogP contribution in [0.3, 0.4) is 0 Å². The molecule has 0 bridgehead atoms. The average molecular weight is 178 g/mol. The molecule has 0 saturated heterocycles. The summed E-state index contributed by atoms with van der Waals surface area (Å²) in [5.74, 6) is 3.09. The lowest BCUT2D eigenvalue weighted by Gasteiger charge is -2.10. The molecule has 0 radical (unpaired) electrons. The zero-order valence-corrected chi connectivity index (χ0v) is 7.26. The molecule has 0 aliphatic heterocycles. The highest BCUT2D eigenvalue weighted by molar-refractivity contribution is 5.96. The van der Waals surface area contributed by atoms with Gasteiger partial charge >= 0.3 is 0 Å². The Labute approximate surface area is 77.1 Å². The summed E-state index contributed by atoms with van der Waals surface area (Å²) in [7, 11) is 0. The van der Waals surface area contributed by atoms with Crippen LogP contribution in [-0.2, 0) is 9.59 Å². The fourth-order valence-corrected chi connectivity index (χ4v) is 0.595. The Bertz CT molecular complexity index is 283. The van der Waals surface area contributed by atoms with Gasteiger partial charge in [-0.25, -0.2) is 0 Å². The van der Waals surface area contributed by atoms with E-state index >= 15 is 0 Å². The largest absolute Gasteiger partial charge is 0.343 e. The molecule has 0 spiro atoms. The Morgan fingerprint density at radius 1 is 1.46 bits per heavy atom. The molecule has 2 amide bonds. The Morgan fingerprint density at radius 2 is 2.08 bits per heavy atom. The van der Waals surface area contributed by atoms with Crippen LogP contribution in [-0.4, -0.2) is 24.4 Å². The number of nitrogens with one attached hydrogen (secondary N) is 2. The van der Waals surface area contributed by atoms with Crippen LogP contribution >= 0.6 is 0 Å². The van der Waals surface area contributed by atoms with Crippen LogP contribution in [0.15, 0.2) is 0 Å². The van der Waals surface area contributed by atoms with Gasteiger partial charge in [0.25, 0.3) is 5.91 Å². The van der Waals surface area contributed by atoms with E-state index in [1.54, 1.807) is 0 Å². The Hall–Kier alpha value is -1.94. The highest BCUT2D eigenvalue weighted by Crippen LogP contribution is 1.80. The van der Waals surface area contributed by atoms with Crippen molar-refractivity contribution in [2.45, 2.75) is 13.0 Å². The van der Waals surface area contributed by atoms with E-state index in [-0.39, 0.29) is 12.5 Å². The summed E-state index contributed by atoms with van der Waals surface area (Å²) in [5.41, 5.74) is 0. The normalized spacial score (nSPS) is 10.4. The molecule has 4 nitrogen and oxygen atoms in total. The van der Waals surface area contributed by atoms with E-state index in [4.69, 9.17) is 12.8 Å². The first-order valence-corrected chi connectivity index (χ1v) is 3.60. The molecular formula is C9H10N2O2.